The molecule has 0 bridgehead atoms. The molecular formula is C33H48O3. The molecule has 2 aromatic rings. The number of hydrogen-bond donors (Lipinski definition) is 1. The average Bonchev–Trinajstić information content (AvgIpc) is 2.90. The molecule has 36 heavy (non-hydrogen) atoms. The first kappa shape index (κ1) is 29.7. The van der Waals surface area contributed by atoms with Crippen LogP contribution in [0.25, 0.3) is 6.08 Å². The van der Waals surface area contributed by atoms with E-state index in [2.05, 4.69) is 6.92 Å². The Labute approximate surface area is 220 Å². The van der Waals surface area contributed by atoms with Crippen LogP contribution in [-0.4, -0.2) is 17.5 Å². The summed E-state index contributed by atoms with van der Waals surface area (Å²) >= 11 is 0. The molecule has 0 aliphatic heterocycles. The van der Waals surface area contributed by atoms with Gasteiger partial charge in [0.1, 0.15) is 11.5 Å². The lowest BCUT2D eigenvalue weighted by atomic mass is 10.0. The van der Waals surface area contributed by atoms with E-state index < -0.39 is 0 Å². The number of ether oxygens (including phenoxy) is 1. The lowest BCUT2D eigenvalue weighted by Crippen LogP contribution is -1.97. The van der Waals surface area contributed by atoms with Crippen LogP contribution in [0, 0.1) is 0 Å². The van der Waals surface area contributed by atoms with Gasteiger partial charge in [0.2, 0.25) is 0 Å². The second-order valence-electron chi connectivity index (χ2n) is 9.97. The van der Waals surface area contributed by atoms with Crippen LogP contribution in [0.2, 0.25) is 0 Å². The van der Waals surface area contributed by atoms with Gasteiger partial charge in [-0.05, 0) is 54.5 Å². The lowest BCUT2D eigenvalue weighted by molar-refractivity contribution is 0.104. The predicted octanol–water partition coefficient (Wildman–Crippen LogP) is 9.93. The van der Waals surface area contributed by atoms with Gasteiger partial charge in [-0.2, -0.15) is 0 Å². The SMILES string of the molecule is CCCCCCCCCCCCCCCCCCOc1ccc(C=CC(=O)c2ccc(O)cc2)cc1. The van der Waals surface area contributed by atoms with Gasteiger partial charge in [0.25, 0.3) is 0 Å². The molecule has 0 saturated heterocycles. The third-order valence-electron chi connectivity index (χ3n) is 6.73. The van der Waals surface area contributed by atoms with Crippen LogP contribution in [0.3, 0.4) is 0 Å². The average molecular weight is 493 g/mol. The van der Waals surface area contributed by atoms with Crippen molar-refractivity contribution in [2.24, 2.45) is 0 Å². The van der Waals surface area contributed by atoms with Gasteiger partial charge in [-0.15, -0.1) is 0 Å². The summed E-state index contributed by atoms with van der Waals surface area (Å²) in [5.41, 5.74) is 1.51. The summed E-state index contributed by atoms with van der Waals surface area (Å²) in [6, 6.07) is 14.1. The quantitative estimate of drug-likeness (QED) is 0.107. The fourth-order valence-corrected chi connectivity index (χ4v) is 4.41. The highest BCUT2D eigenvalue weighted by atomic mass is 16.5. The zero-order valence-electron chi connectivity index (χ0n) is 22.6. The summed E-state index contributed by atoms with van der Waals surface area (Å²) in [5.74, 6) is 0.947. The molecule has 2 aromatic carbocycles. The Bertz CT molecular complexity index is 836. The smallest absolute Gasteiger partial charge is 0.185 e. The maximum atomic E-state index is 12.2. The standard InChI is InChI=1S/C33H48O3/c1-2-3-4-5-6-7-8-9-10-11-12-13-14-15-16-17-28-36-32-25-18-29(19-26-32)20-27-33(35)30-21-23-31(34)24-22-30/h18-27,34H,2-17,28H2,1H3. The molecule has 0 aliphatic carbocycles. The van der Waals surface area contributed by atoms with Crippen LogP contribution in [0.5, 0.6) is 11.5 Å². The number of phenols is 1. The third-order valence-corrected chi connectivity index (χ3v) is 6.73. The predicted molar refractivity (Wildman–Crippen MR) is 153 cm³/mol. The second-order valence-corrected chi connectivity index (χ2v) is 9.97. The van der Waals surface area contributed by atoms with Crippen LogP contribution >= 0.6 is 0 Å². The molecule has 0 spiro atoms. The van der Waals surface area contributed by atoms with E-state index in [1.165, 1.54) is 108 Å². The van der Waals surface area contributed by atoms with Crippen molar-refractivity contribution in [1.29, 1.82) is 0 Å². The van der Waals surface area contributed by atoms with E-state index in [1.807, 2.05) is 24.3 Å². The molecule has 0 heterocycles. The summed E-state index contributed by atoms with van der Waals surface area (Å²) < 4.78 is 5.87. The highest BCUT2D eigenvalue weighted by Crippen LogP contribution is 2.17. The number of rotatable bonds is 21. The number of benzene rings is 2. The fourth-order valence-electron chi connectivity index (χ4n) is 4.41. The van der Waals surface area contributed by atoms with E-state index in [1.54, 1.807) is 24.3 Å². The fraction of sp³-hybridized carbons (Fsp3) is 0.545. The Balaban J connectivity index is 1.42. The first-order valence-electron chi connectivity index (χ1n) is 14.4. The summed E-state index contributed by atoms with van der Waals surface area (Å²) in [4.78, 5) is 12.2. The van der Waals surface area contributed by atoms with Crippen molar-refractivity contribution in [3.05, 3.63) is 65.7 Å². The molecule has 0 radical (unpaired) electrons. The Kier molecular flexibility index (Phi) is 16.2. The molecule has 1 N–H and O–H groups in total. The van der Waals surface area contributed by atoms with Crippen molar-refractivity contribution in [3.63, 3.8) is 0 Å². The van der Waals surface area contributed by atoms with Crippen molar-refractivity contribution in [2.45, 2.75) is 110 Å². The van der Waals surface area contributed by atoms with Crippen molar-refractivity contribution in [2.75, 3.05) is 6.61 Å². The van der Waals surface area contributed by atoms with E-state index in [0.29, 0.717) is 5.56 Å². The minimum absolute atomic E-state index is 0.0844. The van der Waals surface area contributed by atoms with E-state index >= 15 is 0 Å². The number of phenolic OH excluding ortho intramolecular Hbond substituents is 1. The molecule has 3 nitrogen and oxygen atoms in total. The number of allylic oxidation sites excluding steroid dienone is 1. The van der Waals surface area contributed by atoms with E-state index in [-0.39, 0.29) is 11.5 Å². The zero-order chi connectivity index (χ0) is 25.7. The maximum absolute atomic E-state index is 12.2. The van der Waals surface area contributed by atoms with Crippen molar-refractivity contribution >= 4 is 11.9 Å². The van der Waals surface area contributed by atoms with Crippen molar-refractivity contribution in [1.82, 2.24) is 0 Å². The Morgan fingerprint density at radius 3 is 1.64 bits per heavy atom. The lowest BCUT2D eigenvalue weighted by Gasteiger charge is -2.07. The molecular weight excluding hydrogens is 444 g/mol. The molecule has 0 aromatic heterocycles. The monoisotopic (exact) mass is 492 g/mol. The van der Waals surface area contributed by atoms with Crippen molar-refractivity contribution in [3.8, 4) is 11.5 Å². The number of aromatic hydroxyl groups is 1. The molecule has 3 heteroatoms. The summed E-state index contributed by atoms with van der Waals surface area (Å²) in [5, 5.41) is 9.32. The molecule has 0 fully saturated rings. The summed E-state index contributed by atoms with van der Waals surface area (Å²) in [7, 11) is 0. The van der Waals surface area contributed by atoms with Crippen LogP contribution < -0.4 is 4.74 Å². The van der Waals surface area contributed by atoms with Crippen LogP contribution in [0.1, 0.15) is 126 Å². The van der Waals surface area contributed by atoms with Gasteiger partial charge in [0.15, 0.2) is 5.78 Å². The van der Waals surface area contributed by atoms with E-state index in [4.69, 9.17) is 4.74 Å². The maximum Gasteiger partial charge on any atom is 0.185 e. The minimum Gasteiger partial charge on any atom is -0.508 e. The van der Waals surface area contributed by atoms with Gasteiger partial charge in [0, 0.05) is 5.56 Å². The third kappa shape index (κ3) is 14.1. The van der Waals surface area contributed by atoms with Crippen LogP contribution in [0.15, 0.2) is 54.6 Å². The molecule has 198 valence electrons. The van der Waals surface area contributed by atoms with Crippen molar-refractivity contribution < 1.29 is 14.6 Å². The van der Waals surface area contributed by atoms with Crippen LogP contribution in [-0.2, 0) is 0 Å². The largest absolute Gasteiger partial charge is 0.508 e. The number of hydrogen-bond acceptors (Lipinski definition) is 3. The van der Waals surface area contributed by atoms with Gasteiger partial charge in [0.05, 0.1) is 6.61 Å². The number of carbonyl (C=O) groups excluding carboxylic acids is 1. The highest BCUT2D eigenvalue weighted by Gasteiger charge is 2.01. The molecule has 0 unspecified atom stereocenters. The molecule has 2 rings (SSSR count). The Morgan fingerprint density at radius 2 is 1.14 bits per heavy atom. The highest BCUT2D eigenvalue weighted by molar-refractivity contribution is 6.06. The summed E-state index contributed by atoms with van der Waals surface area (Å²) in [6.45, 7) is 3.04. The minimum atomic E-state index is -0.0844. The van der Waals surface area contributed by atoms with Gasteiger partial charge >= 0.3 is 0 Å². The first-order valence-corrected chi connectivity index (χ1v) is 14.4. The Hall–Kier alpha value is -2.55. The summed E-state index contributed by atoms with van der Waals surface area (Å²) in [6.07, 6.45) is 25.3. The van der Waals surface area contributed by atoms with E-state index in [0.717, 1.165) is 24.3 Å². The zero-order valence-corrected chi connectivity index (χ0v) is 22.6. The van der Waals surface area contributed by atoms with Gasteiger partial charge < -0.3 is 9.84 Å². The first-order chi connectivity index (χ1) is 17.7. The van der Waals surface area contributed by atoms with E-state index in [9.17, 15) is 9.90 Å². The Morgan fingerprint density at radius 1 is 0.667 bits per heavy atom. The van der Waals surface area contributed by atoms with Gasteiger partial charge in [-0.3, -0.25) is 4.79 Å². The molecule has 0 aliphatic rings. The van der Waals surface area contributed by atoms with Crippen LogP contribution in [0.4, 0.5) is 0 Å². The topological polar surface area (TPSA) is 46.5 Å². The second kappa shape index (κ2) is 19.6. The molecule has 0 saturated carbocycles. The van der Waals surface area contributed by atoms with Gasteiger partial charge in [-0.25, -0.2) is 0 Å². The number of ketones is 1. The number of carbonyl (C=O) groups is 1. The molecule has 0 atom stereocenters. The number of unbranched alkanes of at least 4 members (excludes halogenated alkanes) is 15. The molecule has 0 amide bonds. The normalized spacial score (nSPS) is 11.2. The van der Waals surface area contributed by atoms with Gasteiger partial charge in [-0.1, -0.05) is 121 Å².